The quantitative estimate of drug-likeness (QED) is 0.720. The molecule has 0 aliphatic rings. The molecule has 1 nitrogen and oxygen atoms in total. The first kappa shape index (κ1) is 15.7. The third-order valence-electron chi connectivity index (χ3n) is 4.62. The fourth-order valence-electron chi connectivity index (χ4n) is 2.33. The van der Waals surface area contributed by atoms with Crippen LogP contribution in [-0.2, 0) is 6.42 Å². The summed E-state index contributed by atoms with van der Waals surface area (Å²) in [6, 6.07) is 12.8. The van der Waals surface area contributed by atoms with Gasteiger partial charge in [0.05, 0.1) is 0 Å². The molecular formula is C17H23BrOSi. The first-order valence-electron chi connectivity index (χ1n) is 7.11. The number of fused-ring (bicyclic) bond motifs is 1. The lowest BCUT2D eigenvalue weighted by Crippen LogP contribution is -2.39. The van der Waals surface area contributed by atoms with E-state index in [1.807, 2.05) is 13.1 Å². The van der Waals surface area contributed by atoms with Gasteiger partial charge >= 0.3 is 0 Å². The van der Waals surface area contributed by atoms with Gasteiger partial charge in [0.2, 0.25) is 0 Å². The molecule has 2 aromatic rings. The molecular weight excluding hydrogens is 328 g/mol. The van der Waals surface area contributed by atoms with Gasteiger partial charge in [0.25, 0.3) is 0 Å². The summed E-state index contributed by atoms with van der Waals surface area (Å²) in [4.78, 5) is 10.4. The lowest BCUT2D eigenvalue weighted by atomic mass is 9.97. The monoisotopic (exact) mass is 350 g/mol. The number of hydrogen-bond acceptors (Lipinski definition) is 1. The Bertz CT molecular complexity index is 609. The maximum Gasteiger partial charge on any atom is 0.188 e. The molecule has 0 spiro atoms. The van der Waals surface area contributed by atoms with Crippen molar-refractivity contribution >= 4 is 35.0 Å². The molecule has 20 heavy (non-hydrogen) atoms. The third kappa shape index (κ3) is 3.16. The summed E-state index contributed by atoms with van der Waals surface area (Å²) >= 11 is 3.67. The minimum atomic E-state index is -2.13. The Morgan fingerprint density at radius 3 is 2.30 bits per heavy atom. The average molecular weight is 351 g/mol. The van der Waals surface area contributed by atoms with Crippen molar-refractivity contribution < 1.29 is 4.80 Å². The van der Waals surface area contributed by atoms with Crippen molar-refractivity contribution in [3.8, 4) is 0 Å². The van der Waals surface area contributed by atoms with E-state index < -0.39 is 8.32 Å². The maximum atomic E-state index is 10.4. The van der Waals surface area contributed by atoms with Gasteiger partial charge in [0, 0.05) is 4.47 Å². The normalized spacial score (nSPS) is 12.9. The molecule has 0 amide bonds. The zero-order valence-electron chi connectivity index (χ0n) is 12.7. The van der Waals surface area contributed by atoms with Crippen molar-refractivity contribution in [2.45, 2.75) is 44.8 Å². The van der Waals surface area contributed by atoms with Crippen LogP contribution >= 0.6 is 15.9 Å². The number of halogens is 1. The molecule has 2 aromatic carbocycles. The highest BCUT2D eigenvalue weighted by Crippen LogP contribution is 2.40. The summed E-state index contributed by atoms with van der Waals surface area (Å²) in [5.74, 6) is 0. The van der Waals surface area contributed by atoms with Crippen LogP contribution in [0.25, 0.3) is 10.8 Å². The van der Waals surface area contributed by atoms with Gasteiger partial charge < -0.3 is 4.80 Å². The van der Waals surface area contributed by atoms with Crippen LogP contribution in [0.15, 0.2) is 40.9 Å². The highest BCUT2D eigenvalue weighted by molar-refractivity contribution is 9.10. The lowest BCUT2D eigenvalue weighted by molar-refractivity contribution is 0.451. The van der Waals surface area contributed by atoms with E-state index in [1.165, 1.54) is 16.3 Å². The first-order valence-corrected chi connectivity index (χ1v) is 10.8. The number of benzene rings is 2. The van der Waals surface area contributed by atoms with Crippen LogP contribution in [0.5, 0.6) is 0 Å². The maximum absolute atomic E-state index is 10.4. The van der Waals surface area contributed by atoms with Gasteiger partial charge in [0.15, 0.2) is 8.32 Å². The minimum absolute atomic E-state index is 0.0242. The number of rotatable bonds is 4. The minimum Gasteiger partial charge on any atom is -0.432 e. The second-order valence-electron chi connectivity index (χ2n) is 6.70. The molecule has 0 atom stereocenters. The van der Waals surface area contributed by atoms with Crippen LogP contribution < -0.4 is 0 Å². The lowest BCUT2D eigenvalue weighted by Gasteiger charge is -2.35. The van der Waals surface area contributed by atoms with Gasteiger partial charge in [-0.2, -0.15) is 0 Å². The summed E-state index contributed by atoms with van der Waals surface area (Å²) < 4.78 is 1.16. The topological polar surface area (TPSA) is 20.2 Å². The van der Waals surface area contributed by atoms with Gasteiger partial charge in [-0.15, -0.1) is 0 Å². The van der Waals surface area contributed by atoms with E-state index in [-0.39, 0.29) is 5.04 Å². The smallest absolute Gasteiger partial charge is 0.188 e. The Labute approximate surface area is 131 Å². The third-order valence-corrected chi connectivity index (χ3v) is 8.84. The molecule has 0 saturated heterocycles. The zero-order chi connectivity index (χ0) is 15.0. The van der Waals surface area contributed by atoms with Crippen molar-refractivity contribution in [3.05, 3.63) is 46.4 Å². The highest BCUT2D eigenvalue weighted by atomic mass is 79.9. The van der Waals surface area contributed by atoms with Gasteiger partial charge in [-0.3, -0.25) is 0 Å². The second kappa shape index (κ2) is 5.62. The van der Waals surface area contributed by atoms with Gasteiger partial charge in [0.1, 0.15) is 0 Å². The van der Waals surface area contributed by atoms with E-state index in [9.17, 15) is 4.80 Å². The fraction of sp³-hybridized carbons (Fsp3) is 0.412. The molecule has 108 valence electrons. The Morgan fingerprint density at radius 2 is 1.70 bits per heavy atom. The second-order valence-corrected chi connectivity index (χ2v) is 12.0. The Balaban J connectivity index is 2.32. The average Bonchev–Trinajstić information content (AvgIpc) is 2.35. The van der Waals surface area contributed by atoms with Crippen LogP contribution in [0.1, 0.15) is 25.8 Å². The van der Waals surface area contributed by atoms with Crippen molar-refractivity contribution in [1.29, 1.82) is 0 Å². The van der Waals surface area contributed by atoms with Gasteiger partial charge in [-0.25, -0.2) is 0 Å². The molecule has 0 aromatic heterocycles. The Hall–Kier alpha value is -0.643. The summed E-state index contributed by atoms with van der Waals surface area (Å²) in [6.07, 6.45) is 2.02. The molecule has 0 aliphatic carbocycles. The fourth-order valence-corrected chi connectivity index (χ4v) is 3.70. The van der Waals surface area contributed by atoms with Gasteiger partial charge in [-0.05, 0) is 53.4 Å². The largest absolute Gasteiger partial charge is 0.432 e. The van der Waals surface area contributed by atoms with Crippen molar-refractivity contribution in [2.24, 2.45) is 0 Å². The summed E-state index contributed by atoms with van der Waals surface area (Å²) in [5, 5.41) is 2.61. The van der Waals surface area contributed by atoms with E-state index in [4.69, 9.17) is 0 Å². The molecule has 0 saturated carbocycles. The van der Waals surface area contributed by atoms with Crippen LogP contribution in [0.4, 0.5) is 0 Å². The summed E-state index contributed by atoms with van der Waals surface area (Å²) in [6.45, 7) is 8.46. The van der Waals surface area contributed by atoms with Crippen LogP contribution in [-0.4, -0.2) is 13.1 Å². The standard InChI is InChI=1S/C17H23BrOSi/c1-17(2,20(3,4)19)12-11-14-8-5-7-13-9-6-10-15(18)16(13)14/h5-10,19H,11-12H2,1-4H3. The van der Waals surface area contributed by atoms with Crippen molar-refractivity contribution in [2.75, 3.05) is 0 Å². The highest BCUT2D eigenvalue weighted by Gasteiger charge is 2.37. The van der Waals surface area contributed by atoms with Gasteiger partial charge in [-0.1, -0.05) is 60.1 Å². The van der Waals surface area contributed by atoms with E-state index in [2.05, 4.69) is 66.2 Å². The van der Waals surface area contributed by atoms with Crippen LogP contribution in [0, 0.1) is 0 Å². The van der Waals surface area contributed by atoms with E-state index in [0.29, 0.717) is 0 Å². The predicted octanol–water partition coefficient (Wildman–Crippen LogP) is 5.51. The molecule has 2 rings (SSSR count). The predicted molar refractivity (Wildman–Crippen MR) is 93.7 cm³/mol. The molecule has 0 fully saturated rings. The van der Waals surface area contributed by atoms with E-state index in [1.54, 1.807) is 0 Å². The van der Waals surface area contributed by atoms with E-state index in [0.717, 1.165) is 17.3 Å². The molecule has 3 heteroatoms. The molecule has 0 bridgehead atoms. The zero-order valence-corrected chi connectivity index (χ0v) is 15.3. The molecule has 0 aliphatic heterocycles. The summed E-state index contributed by atoms with van der Waals surface area (Å²) in [5.41, 5.74) is 1.36. The SMILES string of the molecule is CC(C)(CCc1cccc2cccc(Br)c12)[Si](C)(C)O. The molecule has 0 heterocycles. The Kier molecular flexibility index (Phi) is 4.43. The molecule has 0 unspecified atom stereocenters. The van der Waals surface area contributed by atoms with Crippen LogP contribution in [0.3, 0.4) is 0 Å². The Morgan fingerprint density at radius 1 is 1.10 bits per heavy atom. The van der Waals surface area contributed by atoms with Crippen molar-refractivity contribution in [3.63, 3.8) is 0 Å². The van der Waals surface area contributed by atoms with Crippen molar-refractivity contribution in [1.82, 2.24) is 0 Å². The summed E-state index contributed by atoms with van der Waals surface area (Å²) in [7, 11) is -2.13. The number of hydrogen-bond donors (Lipinski definition) is 1. The molecule has 0 radical (unpaired) electrons. The van der Waals surface area contributed by atoms with E-state index >= 15 is 0 Å². The van der Waals surface area contributed by atoms with Crippen LogP contribution in [0.2, 0.25) is 18.1 Å². The molecule has 1 N–H and O–H groups in total. The number of aryl methyl sites for hydroxylation is 1. The first-order chi connectivity index (χ1) is 9.22.